The van der Waals surface area contributed by atoms with Crippen LogP contribution in [0, 0.1) is 0 Å². The number of fused-ring (bicyclic) bond motifs is 1. The lowest BCUT2D eigenvalue weighted by Crippen LogP contribution is -2.15. The maximum absolute atomic E-state index is 11.1. The van der Waals surface area contributed by atoms with Crippen molar-refractivity contribution < 1.29 is 24.1 Å². The summed E-state index contributed by atoms with van der Waals surface area (Å²) in [5.41, 5.74) is 2.36. The molecule has 2 aromatic rings. The number of hydrogen-bond donors (Lipinski definition) is 1. The summed E-state index contributed by atoms with van der Waals surface area (Å²) in [5, 5.41) is 11.1. The average Bonchev–Trinajstić information content (AvgIpc) is 3.07. The zero-order valence-electron chi connectivity index (χ0n) is 14.9. The van der Waals surface area contributed by atoms with Gasteiger partial charge < -0.3 is 29.0 Å². The lowest BCUT2D eigenvalue weighted by atomic mass is 9.94. The molecule has 0 amide bonds. The third-order valence-corrected chi connectivity index (χ3v) is 4.15. The van der Waals surface area contributed by atoms with Crippen LogP contribution in [0.2, 0.25) is 0 Å². The number of hydrogen-bond acceptors (Lipinski definition) is 6. The predicted molar refractivity (Wildman–Crippen MR) is 93.6 cm³/mol. The molecule has 1 aliphatic heterocycles. The summed E-state index contributed by atoms with van der Waals surface area (Å²) in [6, 6.07) is 9.24. The second kappa shape index (κ2) is 7.21. The minimum absolute atomic E-state index is 0.198. The van der Waals surface area contributed by atoms with Crippen LogP contribution in [0.5, 0.6) is 23.0 Å². The van der Waals surface area contributed by atoms with Crippen LogP contribution < -0.4 is 18.9 Å². The largest absolute Gasteiger partial charge is 0.493 e. The highest BCUT2D eigenvalue weighted by atomic mass is 16.7. The van der Waals surface area contributed by atoms with Crippen molar-refractivity contribution in [2.75, 3.05) is 35.1 Å². The summed E-state index contributed by atoms with van der Waals surface area (Å²) in [6.45, 7) is 0.862. The number of nitrogens with zero attached hydrogens (tertiary/aromatic N) is 1. The van der Waals surface area contributed by atoms with E-state index in [1.807, 2.05) is 37.2 Å². The van der Waals surface area contributed by atoms with Gasteiger partial charge in [0.1, 0.15) is 6.10 Å². The van der Waals surface area contributed by atoms with Crippen molar-refractivity contribution in [2.24, 2.45) is 0 Å². The zero-order valence-corrected chi connectivity index (χ0v) is 14.9. The van der Waals surface area contributed by atoms with Gasteiger partial charge in [0.15, 0.2) is 23.0 Å². The molecule has 6 heteroatoms. The SMILES string of the molecule is COc1ccc(CN(C)C)c(C(O)c2ccc3c(c2)OCO3)c1OC. The van der Waals surface area contributed by atoms with Gasteiger partial charge in [0.25, 0.3) is 0 Å². The van der Waals surface area contributed by atoms with Gasteiger partial charge in [-0.2, -0.15) is 0 Å². The normalized spacial score (nSPS) is 13.8. The summed E-state index contributed by atoms with van der Waals surface area (Å²) in [7, 11) is 7.12. The molecule has 0 saturated heterocycles. The highest BCUT2D eigenvalue weighted by Gasteiger charge is 2.25. The number of aliphatic hydroxyl groups is 1. The first-order valence-corrected chi connectivity index (χ1v) is 8.01. The van der Waals surface area contributed by atoms with Crippen molar-refractivity contribution in [1.29, 1.82) is 0 Å². The number of methoxy groups -OCH3 is 2. The number of aliphatic hydroxyl groups excluding tert-OH is 1. The molecule has 0 radical (unpaired) electrons. The van der Waals surface area contributed by atoms with Crippen LogP contribution in [0.1, 0.15) is 22.8 Å². The van der Waals surface area contributed by atoms with E-state index >= 15 is 0 Å². The molecule has 2 aromatic carbocycles. The van der Waals surface area contributed by atoms with E-state index in [4.69, 9.17) is 18.9 Å². The van der Waals surface area contributed by atoms with Crippen molar-refractivity contribution in [3.63, 3.8) is 0 Å². The number of rotatable bonds is 6. The molecule has 0 bridgehead atoms. The first kappa shape index (κ1) is 17.4. The van der Waals surface area contributed by atoms with Crippen molar-refractivity contribution in [3.05, 3.63) is 47.0 Å². The molecule has 1 heterocycles. The topological polar surface area (TPSA) is 60.4 Å². The van der Waals surface area contributed by atoms with Gasteiger partial charge in [0, 0.05) is 12.1 Å². The first-order chi connectivity index (χ1) is 12.0. The molecule has 0 fully saturated rings. The fraction of sp³-hybridized carbons (Fsp3) is 0.368. The van der Waals surface area contributed by atoms with E-state index in [0.29, 0.717) is 40.7 Å². The van der Waals surface area contributed by atoms with Crippen molar-refractivity contribution in [3.8, 4) is 23.0 Å². The minimum Gasteiger partial charge on any atom is -0.493 e. The molecule has 25 heavy (non-hydrogen) atoms. The van der Waals surface area contributed by atoms with Crippen molar-refractivity contribution in [2.45, 2.75) is 12.6 Å². The summed E-state index contributed by atoms with van der Waals surface area (Å²) < 4.78 is 21.7. The molecule has 0 aromatic heterocycles. The van der Waals surface area contributed by atoms with Crippen LogP contribution in [-0.4, -0.2) is 45.1 Å². The van der Waals surface area contributed by atoms with E-state index in [2.05, 4.69) is 0 Å². The Morgan fingerprint density at radius 1 is 1.08 bits per heavy atom. The summed E-state index contributed by atoms with van der Waals surface area (Å²) in [5.74, 6) is 2.43. The van der Waals surface area contributed by atoms with Crippen molar-refractivity contribution >= 4 is 0 Å². The quantitative estimate of drug-likeness (QED) is 0.868. The molecule has 3 rings (SSSR count). The fourth-order valence-electron chi connectivity index (χ4n) is 3.02. The van der Waals surface area contributed by atoms with Gasteiger partial charge in [-0.3, -0.25) is 0 Å². The lowest BCUT2D eigenvalue weighted by molar-refractivity contribution is 0.173. The van der Waals surface area contributed by atoms with Crippen LogP contribution in [0.15, 0.2) is 30.3 Å². The molecule has 1 aliphatic rings. The number of benzene rings is 2. The Balaban J connectivity index is 2.09. The molecule has 1 N–H and O–H groups in total. The Morgan fingerprint density at radius 2 is 1.84 bits per heavy atom. The Hall–Kier alpha value is -2.44. The van der Waals surface area contributed by atoms with E-state index in [-0.39, 0.29) is 6.79 Å². The zero-order chi connectivity index (χ0) is 18.0. The standard InChI is InChI=1S/C19H23NO5/c1-20(2)10-13-6-8-15(22-3)19(23-4)17(13)18(21)12-5-7-14-16(9-12)25-11-24-14/h5-9,18,21H,10-11H2,1-4H3. The van der Waals surface area contributed by atoms with Crippen molar-refractivity contribution in [1.82, 2.24) is 4.90 Å². The average molecular weight is 345 g/mol. The maximum atomic E-state index is 11.1. The third kappa shape index (κ3) is 3.36. The Labute approximate surface area is 147 Å². The third-order valence-electron chi connectivity index (χ3n) is 4.15. The Bertz CT molecular complexity index is 760. The Morgan fingerprint density at radius 3 is 2.52 bits per heavy atom. The number of ether oxygens (including phenoxy) is 4. The van der Waals surface area contributed by atoms with Gasteiger partial charge in [-0.25, -0.2) is 0 Å². The molecule has 0 saturated carbocycles. The second-order valence-electron chi connectivity index (χ2n) is 6.13. The van der Waals surface area contributed by atoms with Crippen LogP contribution in [0.4, 0.5) is 0 Å². The van der Waals surface area contributed by atoms with Crippen LogP contribution in [-0.2, 0) is 6.54 Å². The van der Waals surface area contributed by atoms with Gasteiger partial charge in [0.05, 0.1) is 14.2 Å². The highest BCUT2D eigenvalue weighted by Crippen LogP contribution is 2.42. The summed E-state index contributed by atoms with van der Waals surface area (Å²) in [4.78, 5) is 2.04. The van der Waals surface area contributed by atoms with Gasteiger partial charge in [-0.1, -0.05) is 12.1 Å². The molecule has 134 valence electrons. The van der Waals surface area contributed by atoms with Gasteiger partial charge in [0.2, 0.25) is 6.79 Å². The molecule has 0 spiro atoms. The monoisotopic (exact) mass is 345 g/mol. The molecular formula is C19H23NO5. The summed E-state index contributed by atoms with van der Waals surface area (Å²) in [6.07, 6.45) is -0.880. The van der Waals surface area contributed by atoms with Gasteiger partial charge in [-0.05, 0) is 43.4 Å². The maximum Gasteiger partial charge on any atom is 0.231 e. The first-order valence-electron chi connectivity index (χ1n) is 8.01. The Kier molecular flexibility index (Phi) is 5.01. The van der Waals surface area contributed by atoms with Gasteiger partial charge in [-0.15, -0.1) is 0 Å². The van der Waals surface area contributed by atoms with E-state index in [9.17, 15) is 5.11 Å². The fourth-order valence-corrected chi connectivity index (χ4v) is 3.02. The van der Waals surface area contributed by atoms with E-state index < -0.39 is 6.10 Å². The second-order valence-corrected chi connectivity index (χ2v) is 6.13. The lowest BCUT2D eigenvalue weighted by Gasteiger charge is -2.23. The van der Waals surface area contributed by atoms with Gasteiger partial charge >= 0.3 is 0 Å². The van der Waals surface area contributed by atoms with E-state index in [1.165, 1.54) is 0 Å². The molecule has 0 aliphatic carbocycles. The molecule has 6 nitrogen and oxygen atoms in total. The molecular weight excluding hydrogens is 322 g/mol. The van der Waals surface area contributed by atoms with Crippen LogP contribution >= 0.6 is 0 Å². The van der Waals surface area contributed by atoms with Crippen LogP contribution in [0.25, 0.3) is 0 Å². The minimum atomic E-state index is -0.880. The molecule has 1 atom stereocenters. The smallest absolute Gasteiger partial charge is 0.231 e. The predicted octanol–water partition coefficient (Wildman–Crippen LogP) is 2.58. The van der Waals surface area contributed by atoms with E-state index in [0.717, 1.165) is 5.56 Å². The summed E-state index contributed by atoms with van der Waals surface area (Å²) >= 11 is 0. The van der Waals surface area contributed by atoms with E-state index in [1.54, 1.807) is 26.4 Å². The molecule has 1 unspecified atom stereocenters. The highest BCUT2D eigenvalue weighted by molar-refractivity contribution is 5.55. The van der Waals surface area contributed by atoms with Crippen LogP contribution in [0.3, 0.4) is 0 Å².